The van der Waals surface area contributed by atoms with Crippen molar-refractivity contribution < 1.29 is 19.1 Å². The lowest BCUT2D eigenvalue weighted by Crippen LogP contribution is -2.56. The fraction of sp³-hybridized carbons (Fsp3) is 0.895. The van der Waals surface area contributed by atoms with Gasteiger partial charge < -0.3 is 19.7 Å². The Morgan fingerprint density at radius 2 is 2.04 bits per heavy atom. The van der Waals surface area contributed by atoms with E-state index in [0.29, 0.717) is 32.0 Å². The number of hydrogen-bond donors (Lipinski definition) is 1. The minimum Gasteiger partial charge on any atom is -0.378 e. The highest BCUT2D eigenvalue weighted by molar-refractivity contribution is 5.82. The van der Waals surface area contributed by atoms with E-state index in [1.165, 1.54) is 12.8 Å². The molecule has 0 radical (unpaired) electrons. The summed E-state index contributed by atoms with van der Waals surface area (Å²) in [5.41, 5.74) is -0.270. The molecule has 0 aromatic carbocycles. The van der Waals surface area contributed by atoms with Crippen molar-refractivity contribution in [3.63, 3.8) is 0 Å². The molecule has 2 aliphatic heterocycles. The van der Waals surface area contributed by atoms with Gasteiger partial charge in [-0.15, -0.1) is 0 Å². The molecule has 6 heteroatoms. The number of hydrogen-bond acceptors (Lipinski definition) is 4. The van der Waals surface area contributed by atoms with Crippen molar-refractivity contribution in [1.29, 1.82) is 0 Å². The molecule has 140 valence electrons. The summed E-state index contributed by atoms with van der Waals surface area (Å²) < 4.78 is 11.5. The van der Waals surface area contributed by atoms with Crippen LogP contribution in [0.3, 0.4) is 0 Å². The largest absolute Gasteiger partial charge is 0.378 e. The van der Waals surface area contributed by atoms with Gasteiger partial charge in [0, 0.05) is 39.3 Å². The van der Waals surface area contributed by atoms with Gasteiger partial charge in [-0.3, -0.25) is 9.59 Å². The quantitative estimate of drug-likeness (QED) is 0.785. The molecular weight excluding hydrogens is 320 g/mol. The number of rotatable bonds is 6. The van der Waals surface area contributed by atoms with Crippen LogP contribution < -0.4 is 5.32 Å². The van der Waals surface area contributed by atoms with Gasteiger partial charge in [-0.25, -0.2) is 0 Å². The molecule has 2 amide bonds. The molecule has 4 aliphatic rings. The van der Waals surface area contributed by atoms with E-state index in [2.05, 4.69) is 5.32 Å². The monoisotopic (exact) mass is 350 g/mol. The Hall–Kier alpha value is -1.14. The molecule has 4 fully saturated rings. The van der Waals surface area contributed by atoms with E-state index in [0.717, 1.165) is 32.2 Å². The summed E-state index contributed by atoms with van der Waals surface area (Å²) in [4.78, 5) is 27.4. The van der Waals surface area contributed by atoms with Crippen molar-refractivity contribution in [2.75, 3.05) is 33.4 Å². The second kappa shape index (κ2) is 6.88. The van der Waals surface area contributed by atoms with Crippen molar-refractivity contribution in [2.24, 2.45) is 17.8 Å². The molecule has 25 heavy (non-hydrogen) atoms. The van der Waals surface area contributed by atoms with Gasteiger partial charge in [0.1, 0.15) is 0 Å². The second-order valence-electron chi connectivity index (χ2n) is 8.37. The van der Waals surface area contributed by atoms with Gasteiger partial charge >= 0.3 is 0 Å². The van der Waals surface area contributed by atoms with Crippen LogP contribution in [0.1, 0.15) is 44.9 Å². The number of piperidine rings is 1. The maximum Gasteiger partial charge on any atom is 0.225 e. The molecule has 0 aromatic heterocycles. The summed E-state index contributed by atoms with van der Waals surface area (Å²) in [5, 5.41) is 3.11. The minimum absolute atomic E-state index is 0.00857. The molecule has 2 aliphatic carbocycles. The van der Waals surface area contributed by atoms with Crippen molar-refractivity contribution in [3.8, 4) is 0 Å². The number of methoxy groups -OCH3 is 1. The molecule has 0 bridgehead atoms. The van der Waals surface area contributed by atoms with Crippen LogP contribution in [0.15, 0.2) is 0 Å². The van der Waals surface area contributed by atoms with Gasteiger partial charge in [0.2, 0.25) is 11.8 Å². The van der Waals surface area contributed by atoms with Crippen LogP contribution in [0.2, 0.25) is 0 Å². The number of nitrogens with one attached hydrogen (secondary N) is 1. The molecule has 2 heterocycles. The number of nitrogens with zero attached hydrogens (tertiary/aromatic N) is 1. The summed E-state index contributed by atoms with van der Waals surface area (Å²) in [6.45, 7) is 2.63. The van der Waals surface area contributed by atoms with Gasteiger partial charge in [0.25, 0.3) is 0 Å². The van der Waals surface area contributed by atoms with Crippen LogP contribution in [0.25, 0.3) is 0 Å². The highest BCUT2D eigenvalue weighted by atomic mass is 16.5. The predicted molar refractivity (Wildman–Crippen MR) is 91.9 cm³/mol. The third kappa shape index (κ3) is 3.56. The zero-order valence-electron chi connectivity index (χ0n) is 15.2. The van der Waals surface area contributed by atoms with Crippen molar-refractivity contribution in [2.45, 2.75) is 56.7 Å². The number of amides is 2. The maximum absolute atomic E-state index is 12.9. The van der Waals surface area contributed by atoms with Crippen LogP contribution in [0, 0.1) is 17.8 Å². The van der Waals surface area contributed by atoms with E-state index in [1.807, 2.05) is 4.90 Å². The van der Waals surface area contributed by atoms with E-state index in [4.69, 9.17) is 9.47 Å². The molecule has 4 rings (SSSR count). The first-order valence-corrected chi connectivity index (χ1v) is 9.82. The molecule has 1 N–H and O–H groups in total. The lowest BCUT2D eigenvalue weighted by atomic mass is 9.76. The lowest BCUT2D eigenvalue weighted by molar-refractivity contribution is -0.151. The summed E-state index contributed by atoms with van der Waals surface area (Å²) in [5.74, 6) is 0.999. The fourth-order valence-electron chi connectivity index (χ4n) is 4.57. The molecule has 0 spiro atoms. The van der Waals surface area contributed by atoms with Crippen LogP contribution in [0.5, 0.6) is 0 Å². The third-order valence-corrected chi connectivity index (χ3v) is 6.72. The van der Waals surface area contributed by atoms with Crippen LogP contribution in [-0.2, 0) is 19.1 Å². The molecule has 2 saturated carbocycles. The van der Waals surface area contributed by atoms with Gasteiger partial charge in [0.05, 0.1) is 24.0 Å². The number of ether oxygens (including phenoxy) is 2. The molecule has 2 saturated heterocycles. The fourth-order valence-corrected chi connectivity index (χ4v) is 4.57. The highest BCUT2D eigenvalue weighted by Crippen LogP contribution is 2.40. The minimum atomic E-state index is -0.270. The SMILES string of the molecule is COC1(CC(=O)N2C[C@H]3OCC[C@H]3[C@H](C(=O)NCC3CC3)C2)CCC1. The Balaban J connectivity index is 1.40. The summed E-state index contributed by atoms with van der Waals surface area (Å²) in [6, 6.07) is 0. The van der Waals surface area contributed by atoms with Crippen molar-refractivity contribution in [1.82, 2.24) is 10.2 Å². The average molecular weight is 350 g/mol. The highest BCUT2D eigenvalue weighted by Gasteiger charge is 2.47. The number of fused-ring (bicyclic) bond motifs is 1. The summed E-state index contributed by atoms with van der Waals surface area (Å²) >= 11 is 0. The van der Waals surface area contributed by atoms with Gasteiger partial charge in [-0.2, -0.15) is 0 Å². The van der Waals surface area contributed by atoms with Crippen LogP contribution in [0.4, 0.5) is 0 Å². The first kappa shape index (κ1) is 17.3. The van der Waals surface area contributed by atoms with E-state index in [9.17, 15) is 9.59 Å². The standard InChI is InChI=1S/C19H30N2O4/c1-24-19(6-2-7-19)9-17(22)21-11-15(14-5-8-25-16(14)12-21)18(23)20-10-13-3-4-13/h13-16H,2-12H2,1H3,(H,20,23)/t14-,15+,16+/m0/s1. The van der Waals surface area contributed by atoms with Crippen LogP contribution in [-0.4, -0.2) is 61.8 Å². The zero-order chi connectivity index (χ0) is 17.4. The Bertz CT molecular complexity index is 524. The van der Waals surface area contributed by atoms with E-state index < -0.39 is 0 Å². The molecule has 6 nitrogen and oxygen atoms in total. The predicted octanol–water partition coefficient (Wildman–Crippen LogP) is 1.34. The third-order valence-electron chi connectivity index (χ3n) is 6.72. The lowest BCUT2D eigenvalue weighted by Gasteiger charge is -2.44. The summed E-state index contributed by atoms with van der Waals surface area (Å²) in [7, 11) is 1.70. The van der Waals surface area contributed by atoms with Crippen molar-refractivity contribution in [3.05, 3.63) is 0 Å². The smallest absolute Gasteiger partial charge is 0.225 e. The zero-order valence-corrected chi connectivity index (χ0v) is 15.2. The number of carbonyl (C=O) groups is 2. The number of carbonyl (C=O) groups excluding carboxylic acids is 2. The summed E-state index contributed by atoms with van der Waals surface area (Å²) in [6.07, 6.45) is 6.85. The Morgan fingerprint density at radius 3 is 2.68 bits per heavy atom. The topological polar surface area (TPSA) is 67.9 Å². The second-order valence-corrected chi connectivity index (χ2v) is 8.37. The number of likely N-dealkylation sites (tertiary alicyclic amines) is 1. The van der Waals surface area contributed by atoms with E-state index in [-0.39, 0.29) is 35.4 Å². The molecule has 0 aromatic rings. The Labute approximate surface area is 149 Å². The van der Waals surface area contributed by atoms with Crippen LogP contribution >= 0.6 is 0 Å². The Kier molecular flexibility index (Phi) is 4.75. The molecular formula is C19H30N2O4. The maximum atomic E-state index is 12.9. The molecule has 0 unspecified atom stereocenters. The van der Waals surface area contributed by atoms with E-state index in [1.54, 1.807) is 7.11 Å². The van der Waals surface area contributed by atoms with Gasteiger partial charge in [-0.1, -0.05) is 0 Å². The van der Waals surface area contributed by atoms with E-state index >= 15 is 0 Å². The van der Waals surface area contributed by atoms with Gasteiger partial charge in [-0.05, 0) is 44.4 Å². The first-order chi connectivity index (χ1) is 12.1. The average Bonchev–Trinajstić information content (AvgIpc) is 3.29. The normalized spacial score (nSPS) is 33.5. The van der Waals surface area contributed by atoms with Crippen molar-refractivity contribution >= 4 is 11.8 Å². The molecule has 3 atom stereocenters. The first-order valence-electron chi connectivity index (χ1n) is 9.82. The van der Waals surface area contributed by atoms with Gasteiger partial charge in [0.15, 0.2) is 0 Å². The Morgan fingerprint density at radius 1 is 1.24 bits per heavy atom.